The number of hydrogen-bond acceptors (Lipinski definition) is 7. The van der Waals surface area contributed by atoms with Crippen LogP contribution in [0, 0.1) is 10.1 Å². The van der Waals surface area contributed by atoms with E-state index >= 15 is 0 Å². The van der Waals surface area contributed by atoms with Crippen LogP contribution < -0.4 is 15.8 Å². The highest BCUT2D eigenvalue weighted by Gasteiger charge is 2.28. The van der Waals surface area contributed by atoms with E-state index in [4.69, 9.17) is 22.4 Å². The summed E-state index contributed by atoms with van der Waals surface area (Å²) in [5, 5.41) is 23.1. The lowest BCUT2D eigenvalue weighted by atomic mass is 9.98. The van der Waals surface area contributed by atoms with E-state index in [0.717, 1.165) is 12.3 Å². The number of carboxylic acids is 1. The van der Waals surface area contributed by atoms with E-state index in [-0.39, 0.29) is 28.6 Å². The van der Waals surface area contributed by atoms with Crippen LogP contribution in [0.2, 0.25) is 5.15 Å². The molecule has 0 aliphatic heterocycles. The number of anilines is 1. The van der Waals surface area contributed by atoms with Crippen molar-refractivity contribution < 1.29 is 28.3 Å². The van der Waals surface area contributed by atoms with Crippen molar-refractivity contribution in [1.82, 2.24) is 4.98 Å². The number of alkyl halides is 2. The summed E-state index contributed by atoms with van der Waals surface area (Å²) in [7, 11) is 0. The number of hydrogen-bond donors (Lipinski definition) is 3. The van der Waals surface area contributed by atoms with E-state index < -0.39 is 35.3 Å². The number of carboxylic acid groups (broad SMARTS) is 1. The predicted octanol–water partition coefficient (Wildman–Crippen LogP) is 3.96. The number of ether oxygens (including phenoxy) is 1. The Balaban J connectivity index is 2.57. The SMILES string of the molecule is N[C@H](C[C@@H](Nc1cc(Cl)ncc1[N+](=O)[O-])c1c(Br)cccc1OC(F)F)C(=O)O. The number of nitrogens with zero attached hydrogens (tertiary/aromatic N) is 2. The number of nitro groups is 1. The maximum Gasteiger partial charge on any atom is 0.387 e. The lowest BCUT2D eigenvalue weighted by Crippen LogP contribution is -2.34. The normalized spacial score (nSPS) is 13.0. The minimum Gasteiger partial charge on any atom is -0.480 e. The third kappa shape index (κ3) is 5.95. The minimum absolute atomic E-state index is 0.0736. The van der Waals surface area contributed by atoms with Crippen LogP contribution in [0.5, 0.6) is 5.75 Å². The number of nitrogens with one attached hydrogen (secondary N) is 1. The summed E-state index contributed by atoms with van der Waals surface area (Å²) in [4.78, 5) is 25.4. The molecule has 4 N–H and O–H groups in total. The van der Waals surface area contributed by atoms with Gasteiger partial charge in [0, 0.05) is 16.1 Å². The molecule has 0 unspecified atom stereocenters. The summed E-state index contributed by atoms with van der Waals surface area (Å²) >= 11 is 9.03. The molecule has 29 heavy (non-hydrogen) atoms. The van der Waals surface area contributed by atoms with Gasteiger partial charge in [0.15, 0.2) is 0 Å². The first-order valence-electron chi connectivity index (χ1n) is 7.88. The summed E-state index contributed by atoms with van der Waals surface area (Å²) in [6.45, 7) is -3.15. The lowest BCUT2D eigenvalue weighted by Gasteiger charge is -2.25. The molecule has 13 heteroatoms. The molecular formula is C16H14BrClF2N4O5. The highest BCUT2D eigenvalue weighted by Crippen LogP contribution is 2.39. The number of aliphatic carboxylic acids is 1. The molecule has 0 spiro atoms. The van der Waals surface area contributed by atoms with Crippen molar-refractivity contribution in [2.75, 3.05) is 5.32 Å². The average molecular weight is 496 g/mol. The Morgan fingerprint density at radius 2 is 2.17 bits per heavy atom. The van der Waals surface area contributed by atoms with Crippen molar-refractivity contribution in [1.29, 1.82) is 0 Å². The summed E-state index contributed by atoms with van der Waals surface area (Å²) in [6, 6.07) is 2.89. The fourth-order valence-corrected chi connectivity index (χ4v) is 3.31. The molecule has 1 heterocycles. The molecule has 0 saturated heterocycles. The van der Waals surface area contributed by atoms with E-state index in [1.165, 1.54) is 18.2 Å². The Bertz CT molecular complexity index is 921. The summed E-state index contributed by atoms with van der Waals surface area (Å²) in [5.41, 5.74) is 5.17. The van der Waals surface area contributed by atoms with Crippen molar-refractivity contribution in [2.24, 2.45) is 5.73 Å². The Labute approximate surface area is 176 Å². The van der Waals surface area contributed by atoms with Gasteiger partial charge < -0.3 is 20.9 Å². The van der Waals surface area contributed by atoms with E-state index in [1.807, 2.05) is 0 Å². The van der Waals surface area contributed by atoms with Crippen LogP contribution in [0.25, 0.3) is 0 Å². The third-order valence-corrected chi connectivity index (χ3v) is 4.66. The highest BCUT2D eigenvalue weighted by molar-refractivity contribution is 9.10. The zero-order chi connectivity index (χ0) is 21.7. The zero-order valence-electron chi connectivity index (χ0n) is 14.4. The Morgan fingerprint density at radius 3 is 2.76 bits per heavy atom. The number of halogens is 4. The van der Waals surface area contributed by atoms with Crippen LogP contribution in [-0.4, -0.2) is 33.6 Å². The lowest BCUT2D eigenvalue weighted by molar-refractivity contribution is -0.384. The molecule has 0 amide bonds. The number of aromatic nitrogens is 1. The number of pyridine rings is 1. The van der Waals surface area contributed by atoms with Crippen LogP contribution in [0.15, 0.2) is 34.9 Å². The molecule has 0 saturated carbocycles. The second-order valence-corrected chi connectivity index (χ2v) is 6.93. The first-order valence-corrected chi connectivity index (χ1v) is 9.05. The van der Waals surface area contributed by atoms with Gasteiger partial charge in [-0.25, -0.2) is 4.98 Å². The van der Waals surface area contributed by atoms with Crippen LogP contribution >= 0.6 is 27.5 Å². The highest BCUT2D eigenvalue weighted by atomic mass is 79.9. The standard InChI is InChI=1S/C16H14BrClF2N4O5/c17-7-2-1-3-12(29-16(19)20)14(7)10(4-8(21)15(25)26)23-9-5-13(18)22-6-11(9)24(27)28/h1-3,5-6,8,10,16H,4,21H2,(H,22,23)(H,25,26)/t8-,10-/m1/s1. The van der Waals surface area contributed by atoms with E-state index in [1.54, 1.807) is 0 Å². The topological polar surface area (TPSA) is 141 Å². The Morgan fingerprint density at radius 1 is 1.48 bits per heavy atom. The Kier molecular flexibility index (Phi) is 7.65. The maximum absolute atomic E-state index is 12.8. The summed E-state index contributed by atoms with van der Waals surface area (Å²) in [5.74, 6) is -1.60. The molecule has 0 aliphatic rings. The van der Waals surface area contributed by atoms with Crippen molar-refractivity contribution in [3.05, 3.63) is 55.8 Å². The largest absolute Gasteiger partial charge is 0.480 e. The molecule has 0 fully saturated rings. The van der Waals surface area contributed by atoms with Gasteiger partial charge >= 0.3 is 18.3 Å². The molecule has 0 radical (unpaired) electrons. The number of nitrogens with two attached hydrogens (primary N) is 1. The van der Waals surface area contributed by atoms with Gasteiger partial charge in [0.1, 0.15) is 28.8 Å². The van der Waals surface area contributed by atoms with E-state index in [9.17, 15) is 23.7 Å². The minimum atomic E-state index is -3.15. The zero-order valence-corrected chi connectivity index (χ0v) is 16.7. The van der Waals surface area contributed by atoms with Crippen LogP contribution in [0.1, 0.15) is 18.0 Å². The van der Waals surface area contributed by atoms with Crippen molar-refractivity contribution in [3.63, 3.8) is 0 Å². The first kappa shape index (κ1) is 22.7. The van der Waals surface area contributed by atoms with Crippen molar-refractivity contribution in [2.45, 2.75) is 25.1 Å². The smallest absolute Gasteiger partial charge is 0.387 e. The van der Waals surface area contributed by atoms with E-state index in [0.29, 0.717) is 4.47 Å². The molecule has 1 aromatic heterocycles. The quantitative estimate of drug-likeness (QED) is 0.270. The van der Waals surface area contributed by atoms with Crippen LogP contribution in [-0.2, 0) is 4.79 Å². The fraction of sp³-hybridized carbons (Fsp3) is 0.250. The molecule has 0 bridgehead atoms. The molecule has 2 aromatic rings. The monoisotopic (exact) mass is 494 g/mol. The van der Waals surface area contributed by atoms with Gasteiger partial charge in [-0.3, -0.25) is 14.9 Å². The molecule has 156 valence electrons. The van der Waals surface area contributed by atoms with E-state index in [2.05, 4.69) is 31.0 Å². The third-order valence-electron chi connectivity index (χ3n) is 3.76. The van der Waals surface area contributed by atoms with Gasteiger partial charge in [0.05, 0.1) is 11.0 Å². The number of carbonyl (C=O) groups is 1. The van der Waals surface area contributed by atoms with Gasteiger partial charge in [-0.1, -0.05) is 33.6 Å². The molecule has 0 aliphatic carbocycles. The average Bonchev–Trinajstić information content (AvgIpc) is 2.60. The second-order valence-electron chi connectivity index (χ2n) is 5.69. The van der Waals surface area contributed by atoms with Gasteiger partial charge in [-0.05, 0) is 18.6 Å². The molecule has 9 nitrogen and oxygen atoms in total. The first-order chi connectivity index (χ1) is 13.6. The molecular weight excluding hydrogens is 482 g/mol. The number of benzene rings is 1. The van der Waals surface area contributed by atoms with Gasteiger partial charge in [0.2, 0.25) is 0 Å². The predicted molar refractivity (Wildman–Crippen MR) is 103 cm³/mol. The van der Waals surface area contributed by atoms with Gasteiger partial charge in [0.25, 0.3) is 0 Å². The van der Waals surface area contributed by atoms with Crippen molar-refractivity contribution >= 4 is 44.9 Å². The second kappa shape index (κ2) is 9.76. The fourth-order valence-electron chi connectivity index (χ4n) is 2.53. The summed E-state index contributed by atoms with van der Waals surface area (Å²) < 4.78 is 30.5. The molecule has 1 aromatic carbocycles. The van der Waals surface area contributed by atoms with Gasteiger partial charge in [-0.15, -0.1) is 0 Å². The van der Waals surface area contributed by atoms with Gasteiger partial charge in [-0.2, -0.15) is 8.78 Å². The molecule has 2 rings (SSSR count). The number of rotatable bonds is 9. The van der Waals surface area contributed by atoms with Crippen LogP contribution in [0.3, 0.4) is 0 Å². The van der Waals surface area contributed by atoms with Crippen LogP contribution in [0.4, 0.5) is 20.2 Å². The maximum atomic E-state index is 12.8. The summed E-state index contributed by atoms with van der Waals surface area (Å²) in [6.07, 6.45) is 0.601. The van der Waals surface area contributed by atoms with Crippen molar-refractivity contribution in [3.8, 4) is 5.75 Å². The Hall–Kier alpha value is -2.57. The molecule has 2 atom stereocenters.